The van der Waals surface area contributed by atoms with Gasteiger partial charge in [-0.25, -0.2) is 13.2 Å². The topological polar surface area (TPSA) is 61.4 Å². The number of benzene rings is 3. The van der Waals surface area contributed by atoms with E-state index in [0.29, 0.717) is 12.0 Å². The third-order valence-electron chi connectivity index (χ3n) is 7.39. The fourth-order valence-corrected chi connectivity index (χ4v) is 5.51. The molecule has 0 spiro atoms. The summed E-state index contributed by atoms with van der Waals surface area (Å²) in [7, 11) is 0. The van der Waals surface area contributed by atoms with Crippen molar-refractivity contribution in [1.29, 1.82) is 0 Å². The molecule has 3 N–H and O–H groups in total. The van der Waals surface area contributed by atoms with E-state index in [9.17, 15) is 23.1 Å². The molecule has 2 atom stereocenters. The molecule has 4 rings (SSSR count). The average Bonchev–Trinajstić information content (AvgIpc) is 2.88. The highest BCUT2D eigenvalue weighted by Crippen LogP contribution is 2.37. The van der Waals surface area contributed by atoms with E-state index in [2.05, 4.69) is 28.8 Å². The molecule has 0 aliphatic heterocycles. The van der Waals surface area contributed by atoms with Crippen LogP contribution in [0.2, 0.25) is 0 Å². The summed E-state index contributed by atoms with van der Waals surface area (Å²) in [6, 6.07) is 17.4. The molecule has 3 aromatic rings. The quantitative estimate of drug-likeness (QED) is 0.326. The van der Waals surface area contributed by atoms with E-state index in [1.54, 1.807) is 12.1 Å². The van der Waals surface area contributed by atoms with E-state index in [-0.39, 0.29) is 30.2 Å². The minimum Gasteiger partial charge on any atom is -0.390 e. The van der Waals surface area contributed by atoms with Gasteiger partial charge in [0.2, 0.25) is 5.91 Å². The van der Waals surface area contributed by atoms with Gasteiger partial charge in [-0.05, 0) is 72.2 Å². The third kappa shape index (κ3) is 7.45. The van der Waals surface area contributed by atoms with Crippen LogP contribution in [0.5, 0.6) is 0 Å². The van der Waals surface area contributed by atoms with E-state index in [0.717, 1.165) is 54.9 Å². The SMILES string of the molecule is CC(=O)N[C@@H](Cc1cc(F)cc(F)c1)[C@@H](O)CNC1(c2cccc(Cc3ccc(F)cc3)c2)CCCCC1. The lowest BCUT2D eigenvalue weighted by molar-refractivity contribution is -0.120. The number of aliphatic hydroxyl groups excluding tert-OH is 1. The average molecular weight is 525 g/mol. The van der Waals surface area contributed by atoms with Gasteiger partial charge in [-0.15, -0.1) is 0 Å². The number of nitrogens with one attached hydrogen (secondary N) is 2. The van der Waals surface area contributed by atoms with E-state index in [4.69, 9.17) is 0 Å². The van der Waals surface area contributed by atoms with Crippen molar-refractivity contribution in [3.63, 3.8) is 0 Å². The Bertz CT molecular complexity index is 1210. The van der Waals surface area contributed by atoms with Crippen LogP contribution in [0.3, 0.4) is 0 Å². The van der Waals surface area contributed by atoms with Crippen LogP contribution < -0.4 is 10.6 Å². The van der Waals surface area contributed by atoms with Crippen molar-refractivity contribution in [2.75, 3.05) is 6.54 Å². The van der Waals surface area contributed by atoms with Gasteiger partial charge in [-0.3, -0.25) is 4.79 Å². The second-order valence-electron chi connectivity index (χ2n) is 10.4. The Labute approximate surface area is 222 Å². The number of carbonyl (C=O) groups excluding carboxylic acids is 1. The van der Waals surface area contributed by atoms with Gasteiger partial charge in [0.05, 0.1) is 12.1 Å². The van der Waals surface area contributed by atoms with Crippen molar-refractivity contribution in [2.45, 2.75) is 69.6 Å². The molecule has 4 nitrogen and oxygen atoms in total. The summed E-state index contributed by atoms with van der Waals surface area (Å²) in [5.41, 5.74) is 3.29. The minimum atomic E-state index is -0.980. The van der Waals surface area contributed by atoms with Crippen molar-refractivity contribution in [2.24, 2.45) is 0 Å². The molecule has 0 radical (unpaired) electrons. The number of hydrogen-bond acceptors (Lipinski definition) is 3. The molecule has 0 unspecified atom stereocenters. The van der Waals surface area contributed by atoms with Crippen LogP contribution in [0.25, 0.3) is 0 Å². The number of hydrogen-bond donors (Lipinski definition) is 3. The first-order chi connectivity index (χ1) is 18.2. The second kappa shape index (κ2) is 12.6. The Kier molecular flexibility index (Phi) is 9.23. The van der Waals surface area contributed by atoms with E-state index >= 15 is 0 Å². The van der Waals surface area contributed by atoms with Crippen LogP contribution in [0.4, 0.5) is 13.2 Å². The molecular weight excluding hydrogens is 489 g/mol. The lowest BCUT2D eigenvalue weighted by atomic mass is 9.76. The first-order valence-electron chi connectivity index (χ1n) is 13.2. The van der Waals surface area contributed by atoms with Gasteiger partial charge in [0.1, 0.15) is 17.5 Å². The summed E-state index contributed by atoms with van der Waals surface area (Å²) in [6.45, 7) is 1.56. The molecule has 0 aromatic heterocycles. The molecule has 0 saturated heterocycles. The van der Waals surface area contributed by atoms with Crippen molar-refractivity contribution in [3.8, 4) is 0 Å². The van der Waals surface area contributed by atoms with Gasteiger partial charge in [0, 0.05) is 25.1 Å². The Hall–Kier alpha value is -3.16. The molecule has 1 amide bonds. The van der Waals surface area contributed by atoms with Crippen molar-refractivity contribution >= 4 is 5.91 Å². The van der Waals surface area contributed by atoms with Crippen LogP contribution in [-0.2, 0) is 23.2 Å². The molecular formula is C31H35F3N2O2. The normalized spacial score (nSPS) is 16.6. The second-order valence-corrected chi connectivity index (χ2v) is 10.4. The predicted octanol–water partition coefficient (Wildman–Crippen LogP) is 5.55. The maximum atomic E-state index is 13.7. The maximum Gasteiger partial charge on any atom is 0.217 e. The lowest BCUT2D eigenvalue weighted by Crippen LogP contribution is -2.53. The van der Waals surface area contributed by atoms with Gasteiger partial charge in [0.25, 0.3) is 0 Å². The molecule has 202 valence electrons. The highest BCUT2D eigenvalue weighted by molar-refractivity contribution is 5.73. The highest BCUT2D eigenvalue weighted by Gasteiger charge is 2.35. The number of carbonyl (C=O) groups is 1. The van der Waals surface area contributed by atoms with Crippen molar-refractivity contribution < 1.29 is 23.1 Å². The molecule has 7 heteroatoms. The maximum absolute atomic E-state index is 13.7. The fraction of sp³-hybridized carbons (Fsp3) is 0.387. The van der Waals surface area contributed by atoms with E-state index in [1.165, 1.54) is 31.2 Å². The van der Waals surface area contributed by atoms with E-state index < -0.39 is 23.8 Å². The number of halogens is 3. The summed E-state index contributed by atoms with van der Waals surface area (Å²) in [4.78, 5) is 11.9. The van der Waals surface area contributed by atoms with Gasteiger partial charge in [0.15, 0.2) is 0 Å². The number of aliphatic hydroxyl groups is 1. The first kappa shape index (κ1) is 27.9. The van der Waals surface area contributed by atoms with Gasteiger partial charge < -0.3 is 15.7 Å². The summed E-state index contributed by atoms with van der Waals surface area (Å²) in [5, 5.41) is 17.5. The Morgan fingerprint density at radius 2 is 1.55 bits per heavy atom. The fourth-order valence-electron chi connectivity index (χ4n) is 5.51. The van der Waals surface area contributed by atoms with Crippen LogP contribution >= 0.6 is 0 Å². The Balaban J connectivity index is 1.51. The zero-order chi connectivity index (χ0) is 27.1. The largest absolute Gasteiger partial charge is 0.390 e. The summed E-state index contributed by atoms with van der Waals surface area (Å²) in [5.74, 6) is -1.98. The minimum absolute atomic E-state index is 0.0945. The molecule has 0 bridgehead atoms. The highest BCUT2D eigenvalue weighted by atomic mass is 19.1. The zero-order valence-corrected chi connectivity index (χ0v) is 21.7. The lowest BCUT2D eigenvalue weighted by Gasteiger charge is -2.40. The Morgan fingerprint density at radius 3 is 2.21 bits per heavy atom. The standard InChI is InChI=1S/C31H35F3N2O2/c1-21(37)36-29(18-24-16-27(33)19-28(34)17-24)30(38)20-35-31(12-3-2-4-13-31)25-7-5-6-23(15-25)14-22-8-10-26(32)11-9-22/h5-11,15-17,19,29-30,35,38H,2-4,12-14,18,20H2,1H3,(H,36,37)/t29-,30-/m0/s1. The zero-order valence-electron chi connectivity index (χ0n) is 21.7. The third-order valence-corrected chi connectivity index (χ3v) is 7.39. The monoisotopic (exact) mass is 524 g/mol. The van der Waals surface area contributed by atoms with Gasteiger partial charge in [-0.2, -0.15) is 0 Å². The van der Waals surface area contributed by atoms with Gasteiger partial charge >= 0.3 is 0 Å². The van der Waals surface area contributed by atoms with Gasteiger partial charge in [-0.1, -0.05) is 55.7 Å². The number of rotatable bonds is 10. The van der Waals surface area contributed by atoms with Crippen LogP contribution in [-0.4, -0.2) is 29.7 Å². The predicted molar refractivity (Wildman–Crippen MR) is 142 cm³/mol. The summed E-state index contributed by atoms with van der Waals surface area (Å²) < 4.78 is 40.8. The molecule has 0 heterocycles. The molecule has 1 aliphatic rings. The van der Waals surface area contributed by atoms with Crippen LogP contribution in [0.15, 0.2) is 66.7 Å². The number of amides is 1. The first-order valence-corrected chi connectivity index (χ1v) is 13.2. The van der Waals surface area contributed by atoms with Crippen molar-refractivity contribution in [1.82, 2.24) is 10.6 Å². The molecule has 1 aliphatic carbocycles. The molecule has 38 heavy (non-hydrogen) atoms. The van der Waals surface area contributed by atoms with Crippen molar-refractivity contribution in [3.05, 3.63) is 106 Å². The van der Waals surface area contributed by atoms with Crippen LogP contribution in [0, 0.1) is 17.5 Å². The molecule has 1 saturated carbocycles. The van der Waals surface area contributed by atoms with Crippen LogP contribution in [0.1, 0.15) is 61.3 Å². The molecule has 1 fully saturated rings. The summed E-state index contributed by atoms with van der Waals surface area (Å²) in [6.07, 6.45) is 4.83. The van der Waals surface area contributed by atoms with E-state index in [1.807, 2.05) is 6.07 Å². The Morgan fingerprint density at radius 1 is 0.868 bits per heavy atom. The smallest absolute Gasteiger partial charge is 0.217 e. The summed E-state index contributed by atoms with van der Waals surface area (Å²) >= 11 is 0. The molecule has 3 aromatic carbocycles.